The van der Waals surface area contributed by atoms with Crippen LogP contribution in [0.2, 0.25) is 0 Å². The van der Waals surface area contributed by atoms with E-state index in [0.29, 0.717) is 6.42 Å². The SMILES string of the molecule is COc1ccc(-c2cc(Cc3ccc(OC)c(OC4CCCC4)c3)cn2-c2ccc(S(N)(=O)=O)cc2)cc1. The summed E-state index contributed by atoms with van der Waals surface area (Å²) in [6.07, 6.45) is 7.56. The van der Waals surface area contributed by atoms with Gasteiger partial charge in [0.15, 0.2) is 11.5 Å². The topological polar surface area (TPSA) is 92.8 Å². The highest BCUT2D eigenvalue weighted by Crippen LogP contribution is 2.34. The van der Waals surface area contributed by atoms with Gasteiger partial charge < -0.3 is 18.8 Å². The molecule has 38 heavy (non-hydrogen) atoms. The fraction of sp³-hybridized carbons (Fsp3) is 0.267. The van der Waals surface area contributed by atoms with E-state index in [1.54, 1.807) is 26.4 Å². The van der Waals surface area contributed by atoms with E-state index >= 15 is 0 Å². The minimum Gasteiger partial charge on any atom is -0.497 e. The summed E-state index contributed by atoms with van der Waals surface area (Å²) in [7, 11) is -0.464. The maximum absolute atomic E-state index is 11.8. The van der Waals surface area contributed by atoms with E-state index in [2.05, 4.69) is 29.0 Å². The number of benzene rings is 3. The highest BCUT2D eigenvalue weighted by atomic mass is 32.2. The Morgan fingerprint density at radius 3 is 2.18 bits per heavy atom. The van der Waals surface area contributed by atoms with E-state index < -0.39 is 10.0 Å². The van der Waals surface area contributed by atoms with Crippen molar-refractivity contribution in [3.63, 3.8) is 0 Å². The summed E-state index contributed by atoms with van der Waals surface area (Å²) in [4.78, 5) is 0.0765. The molecule has 8 heteroatoms. The number of ether oxygens (including phenoxy) is 3. The number of methoxy groups -OCH3 is 2. The minimum absolute atomic E-state index is 0.0765. The van der Waals surface area contributed by atoms with E-state index in [-0.39, 0.29) is 11.0 Å². The highest BCUT2D eigenvalue weighted by Gasteiger charge is 2.19. The van der Waals surface area contributed by atoms with Gasteiger partial charge in [0.25, 0.3) is 0 Å². The lowest BCUT2D eigenvalue weighted by Gasteiger charge is -2.16. The quantitative estimate of drug-likeness (QED) is 0.298. The zero-order valence-corrected chi connectivity index (χ0v) is 22.4. The Bertz CT molecular complexity index is 1500. The summed E-state index contributed by atoms with van der Waals surface area (Å²) in [6, 6.07) is 22.7. The molecule has 0 saturated heterocycles. The van der Waals surface area contributed by atoms with Gasteiger partial charge >= 0.3 is 0 Å². The molecule has 0 aliphatic heterocycles. The van der Waals surface area contributed by atoms with Gasteiger partial charge in [0.2, 0.25) is 10.0 Å². The van der Waals surface area contributed by atoms with Crippen LogP contribution in [0, 0.1) is 0 Å². The van der Waals surface area contributed by atoms with Crippen LogP contribution in [0.1, 0.15) is 36.8 Å². The number of sulfonamides is 1. The van der Waals surface area contributed by atoms with E-state index in [1.165, 1.54) is 25.0 Å². The van der Waals surface area contributed by atoms with Gasteiger partial charge in [0, 0.05) is 11.9 Å². The largest absolute Gasteiger partial charge is 0.497 e. The van der Waals surface area contributed by atoms with E-state index in [0.717, 1.165) is 58.2 Å². The number of primary sulfonamides is 1. The van der Waals surface area contributed by atoms with Gasteiger partial charge in [0.05, 0.1) is 30.9 Å². The van der Waals surface area contributed by atoms with Crippen molar-refractivity contribution in [3.05, 3.63) is 90.1 Å². The van der Waals surface area contributed by atoms with Crippen LogP contribution in [-0.4, -0.2) is 33.3 Å². The molecule has 2 N–H and O–H groups in total. The van der Waals surface area contributed by atoms with Crippen LogP contribution in [0.25, 0.3) is 16.9 Å². The molecule has 3 aromatic carbocycles. The average molecular weight is 533 g/mol. The van der Waals surface area contributed by atoms with Gasteiger partial charge in [-0.2, -0.15) is 0 Å². The van der Waals surface area contributed by atoms with Crippen molar-refractivity contribution in [2.75, 3.05) is 14.2 Å². The zero-order chi connectivity index (χ0) is 26.7. The van der Waals surface area contributed by atoms with E-state index in [4.69, 9.17) is 19.3 Å². The van der Waals surface area contributed by atoms with Crippen molar-refractivity contribution in [3.8, 4) is 34.2 Å². The van der Waals surface area contributed by atoms with Crippen LogP contribution >= 0.6 is 0 Å². The number of hydrogen-bond donors (Lipinski definition) is 1. The number of rotatable bonds is 9. The zero-order valence-electron chi connectivity index (χ0n) is 21.6. The van der Waals surface area contributed by atoms with Crippen molar-refractivity contribution < 1.29 is 22.6 Å². The van der Waals surface area contributed by atoms with Crippen LogP contribution in [0.5, 0.6) is 17.2 Å². The molecule has 0 spiro atoms. The maximum Gasteiger partial charge on any atom is 0.238 e. The first-order chi connectivity index (χ1) is 18.3. The van der Waals surface area contributed by atoms with Crippen LogP contribution in [-0.2, 0) is 16.4 Å². The predicted octanol–water partition coefficient (Wildman–Crippen LogP) is 5.72. The molecule has 1 aliphatic carbocycles. The lowest BCUT2D eigenvalue weighted by atomic mass is 10.1. The second-order valence-electron chi connectivity index (χ2n) is 9.56. The van der Waals surface area contributed by atoms with Crippen molar-refractivity contribution in [1.29, 1.82) is 0 Å². The van der Waals surface area contributed by atoms with Crippen molar-refractivity contribution in [2.24, 2.45) is 5.14 Å². The summed E-state index contributed by atoms with van der Waals surface area (Å²) in [5.41, 5.74) is 5.02. The monoisotopic (exact) mass is 532 g/mol. The molecule has 1 fully saturated rings. The van der Waals surface area contributed by atoms with Gasteiger partial charge in [0.1, 0.15) is 5.75 Å². The Balaban J connectivity index is 1.50. The molecular weight excluding hydrogens is 500 g/mol. The van der Waals surface area contributed by atoms with Crippen LogP contribution in [0.15, 0.2) is 83.9 Å². The van der Waals surface area contributed by atoms with E-state index in [9.17, 15) is 8.42 Å². The summed E-state index contributed by atoms with van der Waals surface area (Å²) in [6.45, 7) is 0. The third kappa shape index (κ3) is 5.71. The van der Waals surface area contributed by atoms with Crippen molar-refractivity contribution in [1.82, 2.24) is 4.57 Å². The molecule has 5 rings (SSSR count). The molecule has 1 heterocycles. The first-order valence-electron chi connectivity index (χ1n) is 12.7. The van der Waals surface area contributed by atoms with Gasteiger partial charge in [-0.1, -0.05) is 6.07 Å². The average Bonchev–Trinajstić information content (AvgIpc) is 3.59. The Morgan fingerprint density at radius 2 is 1.55 bits per heavy atom. The van der Waals surface area contributed by atoms with E-state index in [1.807, 2.05) is 30.3 Å². The second kappa shape index (κ2) is 10.9. The molecule has 1 saturated carbocycles. The molecule has 7 nitrogen and oxygen atoms in total. The number of hydrogen-bond acceptors (Lipinski definition) is 5. The summed E-state index contributed by atoms with van der Waals surface area (Å²) in [5.74, 6) is 2.30. The van der Waals surface area contributed by atoms with Crippen LogP contribution in [0.4, 0.5) is 0 Å². The smallest absolute Gasteiger partial charge is 0.238 e. The standard InChI is InChI=1S/C30H32N2O5S/c1-35-25-12-8-23(9-13-25)28-18-22(20-32(28)24-10-14-27(15-11-24)38(31,33)34)17-21-7-16-29(36-2)30(19-21)37-26-5-3-4-6-26/h7-16,18-20,26H,3-6,17H2,1-2H3,(H2,31,33,34). The molecule has 1 aromatic heterocycles. The van der Waals surface area contributed by atoms with Crippen LogP contribution < -0.4 is 19.3 Å². The fourth-order valence-electron chi connectivity index (χ4n) is 4.95. The first-order valence-corrected chi connectivity index (χ1v) is 14.2. The Hall–Kier alpha value is -3.75. The third-order valence-corrected chi connectivity index (χ3v) is 7.87. The lowest BCUT2D eigenvalue weighted by Crippen LogP contribution is -2.12. The van der Waals surface area contributed by atoms with Crippen molar-refractivity contribution in [2.45, 2.75) is 43.1 Å². The fourth-order valence-corrected chi connectivity index (χ4v) is 5.47. The molecule has 1 aliphatic rings. The number of nitrogens with two attached hydrogens (primary N) is 1. The van der Waals surface area contributed by atoms with Gasteiger partial charge in [-0.3, -0.25) is 0 Å². The summed E-state index contributed by atoms with van der Waals surface area (Å²) in [5, 5.41) is 5.30. The minimum atomic E-state index is -3.77. The molecular formula is C30H32N2O5S. The lowest BCUT2D eigenvalue weighted by molar-refractivity contribution is 0.200. The van der Waals surface area contributed by atoms with Gasteiger partial charge in [-0.25, -0.2) is 13.6 Å². The van der Waals surface area contributed by atoms with Crippen LogP contribution in [0.3, 0.4) is 0 Å². The molecule has 198 valence electrons. The second-order valence-corrected chi connectivity index (χ2v) is 11.1. The van der Waals surface area contributed by atoms with Crippen molar-refractivity contribution >= 4 is 10.0 Å². The Kier molecular flexibility index (Phi) is 7.44. The highest BCUT2D eigenvalue weighted by molar-refractivity contribution is 7.89. The molecule has 0 radical (unpaired) electrons. The number of nitrogens with zero attached hydrogens (tertiary/aromatic N) is 1. The third-order valence-electron chi connectivity index (χ3n) is 6.94. The molecule has 4 aromatic rings. The normalized spacial score (nSPS) is 14.0. The summed E-state index contributed by atoms with van der Waals surface area (Å²) >= 11 is 0. The maximum atomic E-state index is 11.8. The van der Waals surface area contributed by atoms with Gasteiger partial charge in [-0.15, -0.1) is 0 Å². The van der Waals surface area contributed by atoms with Gasteiger partial charge in [-0.05, 0) is 116 Å². The first kappa shape index (κ1) is 25.9. The molecule has 0 atom stereocenters. The molecule has 0 unspecified atom stereocenters. The molecule has 0 bridgehead atoms. The summed E-state index contributed by atoms with van der Waals surface area (Å²) < 4.78 is 42.8. The number of aromatic nitrogens is 1. The Morgan fingerprint density at radius 1 is 0.842 bits per heavy atom. The Labute approximate surface area is 223 Å². The molecule has 0 amide bonds. The predicted molar refractivity (Wildman–Crippen MR) is 148 cm³/mol.